The van der Waals surface area contributed by atoms with Crippen LogP contribution in [-0.4, -0.2) is 23.0 Å². The number of esters is 1. The van der Waals surface area contributed by atoms with Crippen molar-refractivity contribution in [1.29, 1.82) is 0 Å². The summed E-state index contributed by atoms with van der Waals surface area (Å²) in [5, 5.41) is 0. The largest absolute Gasteiger partial charge is 0.465 e. The van der Waals surface area contributed by atoms with Gasteiger partial charge in [-0.2, -0.15) is 0 Å². The summed E-state index contributed by atoms with van der Waals surface area (Å²) in [6, 6.07) is 11.1. The SMILES string of the molecule is COC(=O)c1ccc2nc3ccc(C)cc3nc2c1. The molecule has 0 saturated carbocycles. The molecule has 0 aliphatic rings. The van der Waals surface area contributed by atoms with Gasteiger partial charge >= 0.3 is 5.97 Å². The molecule has 0 bridgehead atoms. The maximum atomic E-state index is 11.5. The molecule has 0 aliphatic heterocycles. The molecular weight excluding hydrogens is 240 g/mol. The molecule has 0 radical (unpaired) electrons. The molecule has 3 aromatic rings. The zero-order valence-corrected chi connectivity index (χ0v) is 10.7. The van der Waals surface area contributed by atoms with E-state index >= 15 is 0 Å². The van der Waals surface area contributed by atoms with E-state index in [4.69, 9.17) is 4.74 Å². The molecule has 0 atom stereocenters. The van der Waals surface area contributed by atoms with Crippen LogP contribution in [0.5, 0.6) is 0 Å². The molecule has 0 aliphatic carbocycles. The lowest BCUT2D eigenvalue weighted by molar-refractivity contribution is 0.0601. The van der Waals surface area contributed by atoms with Crippen molar-refractivity contribution in [3.63, 3.8) is 0 Å². The summed E-state index contributed by atoms with van der Waals surface area (Å²) >= 11 is 0. The molecule has 4 heteroatoms. The third-order valence-electron chi connectivity index (χ3n) is 3.01. The molecule has 2 aromatic carbocycles. The smallest absolute Gasteiger partial charge is 0.337 e. The molecule has 4 nitrogen and oxygen atoms in total. The Morgan fingerprint density at radius 2 is 1.58 bits per heavy atom. The summed E-state index contributed by atoms with van der Waals surface area (Å²) in [6.45, 7) is 2.01. The number of fused-ring (bicyclic) bond motifs is 2. The number of aromatic nitrogens is 2. The van der Waals surface area contributed by atoms with E-state index in [0.29, 0.717) is 11.1 Å². The molecule has 1 heterocycles. The number of hydrogen-bond acceptors (Lipinski definition) is 4. The van der Waals surface area contributed by atoms with Gasteiger partial charge in [0.05, 0.1) is 34.7 Å². The van der Waals surface area contributed by atoms with Crippen LogP contribution in [0.3, 0.4) is 0 Å². The van der Waals surface area contributed by atoms with Crippen LogP contribution in [0.15, 0.2) is 36.4 Å². The van der Waals surface area contributed by atoms with Gasteiger partial charge in [-0.3, -0.25) is 0 Å². The highest BCUT2D eigenvalue weighted by Crippen LogP contribution is 2.18. The third kappa shape index (κ3) is 2.01. The molecule has 0 fully saturated rings. The second-order valence-corrected chi connectivity index (χ2v) is 4.41. The zero-order chi connectivity index (χ0) is 13.4. The first kappa shape index (κ1) is 11.6. The highest BCUT2D eigenvalue weighted by atomic mass is 16.5. The number of hydrogen-bond donors (Lipinski definition) is 0. The zero-order valence-electron chi connectivity index (χ0n) is 10.7. The lowest BCUT2D eigenvalue weighted by atomic mass is 10.1. The van der Waals surface area contributed by atoms with Gasteiger partial charge in [0.25, 0.3) is 0 Å². The van der Waals surface area contributed by atoms with Crippen LogP contribution in [0.25, 0.3) is 22.1 Å². The average Bonchev–Trinajstić information content (AvgIpc) is 2.43. The predicted molar refractivity (Wildman–Crippen MR) is 73.1 cm³/mol. The minimum atomic E-state index is -0.368. The first-order valence-electron chi connectivity index (χ1n) is 5.94. The van der Waals surface area contributed by atoms with Crippen LogP contribution in [-0.2, 0) is 4.74 Å². The van der Waals surface area contributed by atoms with Crippen LogP contribution >= 0.6 is 0 Å². The van der Waals surface area contributed by atoms with Crippen molar-refractivity contribution in [3.8, 4) is 0 Å². The van der Waals surface area contributed by atoms with Gasteiger partial charge in [0.1, 0.15) is 0 Å². The van der Waals surface area contributed by atoms with E-state index in [2.05, 4.69) is 9.97 Å². The Balaban J connectivity index is 2.27. The summed E-state index contributed by atoms with van der Waals surface area (Å²) in [5.74, 6) is -0.368. The summed E-state index contributed by atoms with van der Waals surface area (Å²) in [6.07, 6.45) is 0. The van der Waals surface area contributed by atoms with Gasteiger partial charge in [-0.1, -0.05) is 6.07 Å². The topological polar surface area (TPSA) is 52.1 Å². The molecule has 0 unspecified atom stereocenters. The quantitative estimate of drug-likeness (QED) is 0.493. The van der Waals surface area contributed by atoms with Crippen LogP contribution in [0.4, 0.5) is 0 Å². The van der Waals surface area contributed by atoms with E-state index in [1.165, 1.54) is 7.11 Å². The molecule has 3 rings (SSSR count). The molecule has 94 valence electrons. The van der Waals surface area contributed by atoms with Crippen LogP contribution in [0.2, 0.25) is 0 Å². The van der Waals surface area contributed by atoms with E-state index < -0.39 is 0 Å². The van der Waals surface area contributed by atoms with Crippen molar-refractivity contribution in [2.24, 2.45) is 0 Å². The normalized spacial score (nSPS) is 10.8. The Labute approximate surface area is 110 Å². The Morgan fingerprint density at radius 3 is 2.32 bits per heavy atom. The fourth-order valence-corrected chi connectivity index (χ4v) is 2.03. The van der Waals surface area contributed by atoms with Gasteiger partial charge in [0.2, 0.25) is 0 Å². The number of aryl methyl sites for hydroxylation is 1. The van der Waals surface area contributed by atoms with Crippen molar-refractivity contribution in [1.82, 2.24) is 9.97 Å². The van der Waals surface area contributed by atoms with Crippen molar-refractivity contribution in [3.05, 3.63) is 47.5 Å². The molecule has 1 aromatic heterocycles. The highest BCUT2D eigenvalue weighted by molar-refractivity contribution is 5.95. The minimum Gasteiger partial charge on any atom is -0.465 e. The number of nitrogens with zero attached hydrogens (tertiary/aromatic N) is 2. The van der Waals surface area contributed by atoms with E-state index in [1.807, 2.05) is 25.1 Å². The Morgan fingerprint density at radius 1 is 0.947 bits per heavy atom. The van der Waals surface area contributed by atoms with E-state index in [9.17, 15) is 4.79 Å². The van der Waals surface area contributed by atoms with Crippen molar-refractivity contribution in [2.45, 2.75) is 6.92 Å². The lowest BCUT2D eigenvalue weighted by Crippen LogP contribution is -2.01. The first-order chi connectivity index (χ1) is 9.17. The maximum Gasteiger partial charge on any atom is 0.337 e. The Hall–Kier alpha value is -2.49. The molecular formula is C15H12N2O2. The van der Waals surface area contributed by atoms with Gasteiger partial charge < -0.3 is 4.74 Å². The van der Waals surface area contributed by atoms with Gasteiger partial charge in [-0.15, -0.1) is 0 Å². The van der Waals surface area contributed by atoms with Crippen molar-refractivity contribution >= 4 is 28.0 Å². The van der Waals surface area contributed by atoms with E-state index in [0.717, 1.165) is 22.1 Å². The predicted octanol–water partition coefficient (Wildman–Crippen LogP) is 2.88. The summed E-state index contributed by atoms with van der Waals surface area (Å²) in [5.41, 5.74) is 4.75. The number of carbonyl (C=O) groups is 1. The number of benzene rings is 2. The maximum absolute atomic E-state index is 11.5. The van der Waals surface area contributed by atoms with E-state index in [-0.39, 0.29) is 5.97 Å². The summed E-state index contributed by atoms with van der Waals surface area (Å²) in [4.78, 5) is 20.6. The Bertz CT molecular complexity index is 797. The van der Waals surface area contributed by atoms with Crippen LogP contribution in [0, 0.1) is 6.92 Å². The van der Waals surface area contributed by atoms with E-state index in [1.54, 1.807) is 18.2 Å². The van der Waals surface area contributed by atoms with Crippen LogP contribution < -0.4 is 0 Å². The summed E-state index contributed by atoms with van der Waals surface area (Å²) in [7, 11) is 1.36. The molecule has 0 N–H and O–H groups in total. The summed E-state index contributed by atoms with van der Waals surface area (Å²) < 4.78 is 4.70. The number of rotatable bonds is 1. The fraction of sp³-hybridized carbons (Fsp3) is 0.133. The lowest BCUT2D eigenvalue weighted by Gasteiger charge is -2.04. The number of methoxy groups -OCH3 is 1. The fourth-order valence-electron chi connectivity index (χ4n) is 2.03. The molecule has 19 heavy (non-hydrogen) atoms. The van der Waals surface area contributed by atoms with Gasteiger partial charge in [-0.25, -0.2) is 14.8 Å². The van der Waals surface area contributed by atoms with Crippen molar-refractivity contribution < 1.29 is 9.53 Å². The third-order valence-corrected chi connectivity index (χ3v) is 3.01. The van der Waals surface area contributed by atoms with Crippen molar-refractivity contribution in [2.75, 3.05) is 7.11 Å². The monoisotopic (exact) mass is 252 g/mol. The number of ether oxygens (including phenoxy) is 1. The molecule has 0 saturated heterocycles. The second-order valence-electron chi connectivity index (χ2n) is 4.41. The van der Waals surface area contributed by atoms with Gasteiger partial charge in [0, 0.05) is 0 Å². The minimum absolute atomic E-state index is 0.368. The second kappa shape index (κ2) is 4.31. The standard InChI is InChI=1S/C15H12N2O2/c1-9-3-5-11-13(7-9)17-14-8-10(15(18)19-2)4-6-12(14)16-11/h3-8H,1-2H3. The molecule has 0 spiro atoms. The van der Waals surface area contributed by atoms with Gasteiger partial charge in [0.15, 0.2) is 0 Å². The highest BCUT2D eigenvalue weighted by Gasteiger charge is 2.08. The first-order valence-corrected chi connectivity index (χ1v) is 5.94. The molecule has 0 amide bonds. The van der Waals surface area contributed by atoms with Gasteiger partial charge in [-0.05, 0) is 42.8 Å². The number of carbonyl (C=O) groups excluding carboxylic acids is 1. The van der Waals surface area contributed by atoms with Crippen LogP contribution in [0.1, 0.15) is 15.9 Å². The average molecular weight is 252 g/mol. The Kier molecular flexibility index (Phi) is 2.63.